The topological polar surface area (TPSA) is 85.7 Å². The number of ether oxygens (including phenoxy) is 2. The Morgan fingerprint density at radius 3 is 2.67 bits per heavy atom. The number of hydrogen-bond acceptors (Lipinski definition) is 6. The number of aryl methyl sites for hydroxylation is 1. The molecule has 4 heterocycles. The van der Waals surface area contributed by atoms with E-state index in [0.29, 0.717) is 53.0 Å². The van der Waals surface area contributed by atoms with E-state index >= 15 is 4.39 Å². The molecule has 0 radical (unpaired) electrons. The quantitative estimate of drug-likeness (QED) is 0.231. The lowest BCUT2D eigenvalue weighted by molar-refractivity contribution is -0.128. The van der Waals surface area contributed by atoms with E-state index < -0.39 is 23.2 Å². The Hall–Kier alpha value is -3.66. The normalized spacial score (nSPS) is 25.0. The number of esters is 1. The average molecular weight is 652 g/mol. The number of halogens is 3. The molecule has 1 aliphatic carbocycles. The van der Waals surface area contributed by atoms with Crippen molar-refractivity contribution in [2.24, 2.45) is 5.92 Å². The van der Waals surface area contributed by atoms with E-state index in [1.165, 1.54) is 20.3 Å². The summed E-state index contributed by atoms with van der Waals surface area (Å²) < 4.78 is 29.0. The van der Waals surface area contributed by atoms with Gasteiger partial charge in [-0.15, -0.1) is 0 Å². The lowest BCUT2D eigenvalue weighted by atomic mass is 9.70. The monoisotopic (exact) mass is 650 g/mol. The number of hydrogen-bond donors (Lipinski definition) is 1. The number of aromatic nitrogens is 2. The Morgan fingerprint density at radius 2 is 1.93 bits per heavy atom. The summed E-state index contributed by atoms with van der Waals surface area (Å²) in [5, 5.41) is 3.62. The molecule has 4 atom stereocenters. The van der Waals surface area contributed by atoms with Gasteiger partial charge in [0.1, 0.15) is 28.5 Å². The van der Waals surface area contributed by atoms with Gasteiger partial charge in [0.25, 0.3) is 0 Å². The zero-order valence-electron chi connectivity index (χ0n) is 24.1. The first-order chi connectivity index (χ1) is 21.3. The second-order valence-corrected chi connectivity index (χ2v) is 13.0. The third kappa shape index (κ3) is 4.16. The lowest BCUT2D eigenvalue weighted by Gasteiger charge is -2.40. The molecule has 1 aromatic heterocycles. The van der Waals surface area contributed by atoms with Crippen LogP contribution in [0.4, 0.5) is 10.1 Å². The Balaban J connectivity index is 0.00000325. The van der Waals surface area contributed by atoms with Gasteiger partial charge < -0.3 is 19.4 Å². The smallest absolute Gasteiger partial charge is 0.341 e. The molecular formula is C34H33Cl2FN4O4. The van der Waals surface area contributed by atoms with Gasteiger partial charge in [0.2, 0.25) is 5.91 Å². The highest BCUT2D eigenvalue weighted by molar-refractivity contribution is 6.31. The van der Waals surface area contributed by atoms with Crippen LogP contribution in [-0.4, -0.2) is 53.1 Å². The van der Waals surface area contributed by atoms with Gasteiger partial charge in [-0.05, 0) is 55.0 Å². The van der Waals surface area contributed by atoms with Crippen molar-refractivity contribution in [3.8, 4) is 5.75 Å². The largest absolute Gasteiger partial charge is 0.496 e. The zero-order chi connectivity index (χ0) is 30.5. The number of amides is 1. The summed E-state index contributed by atoms with van der Waals surface area (Å²) in [6.07, 6.45) is 2.89. The number of nitrogens with one attached hydrogen (secondary N) is 1. The van der Waals surface area contributed by atoms with Crippen LogP contribution >= 0.6 is 23.2 Å². The third-order valence-corrected chi connectivity index (χ3v) is 10.5. The third-order valence-electron chi connectivity index (χ3n) is 9.98. The maximum Gasteiger partial charge on any atom is 0.341 e. The molecular weight excluding hydrogens is 618 g/mol. The Kier molecular flexibility index (Phi) is 7.15. The molecule has 45 heavy (non-hydrogen) atoms. The van der Waals surface area contributed by atoms with Gasteiger partial charge in [-0.1, -0.05) is 48.8 Å². The summed E-state index contributed by atoms with van der Waals surface area (Å²) in [6.45, 7) is 1.33. The van der Waals surface area contributed by atoms with Crippen LogP contribution in [0.2, 0.25) is 10.0 Å². The first kappa shape index (κ1) is 30.0. The fraction of sp³-hybridized carbons (Fsp3) is 0.382. The van der Waals surface area contributed by atoms with Gasteiger partial charge in [-0.2, -0.15) is 0 Å². The molecule has 8 rings (SSSR count). The summed E-state index contributed by atoms with van der Waals surface area (Å²) in [4.78, 5) is 34.6. The minimum atomic E-state index is -1.22. The van der Waals surface area contributed by atoms with Crippen LogP contribution in [0.25, 0.3) is 11.0 Å². The minimum Gasteiger partial charge on any atom is -0.496 e. The van der Waals surface area contributed by atoms with Crippen molar-refractivity contribution in [1.82, 2.24) is 14.5 Å². The molecule has 4 aliphatic rings. The van der Waals surface area contributed by atoms with E-state index in [9.17, 15) is 9.59 Å². The predicted molar refractivity (Wildman–Crippen MR) is 171 cm³/mol. The number of rotatable bonds is 5. The molecule has 234 valence electrons. The molecule has 3 aliphatic heterocycles. The highest BCUT2D eigenvalue weighted by Gasteiger charge is 2.69. The Morgan fingerprint density at radius 1 is 1.13 bits per heavy atom. The number of nitrogens with zero attached hydrogens (tertiary/aromatic N) is 3. The second-order valence-electron chi connectivity index (χ2n) is 12.2. The van der Waals surface area contributed by atoms with Crippen LogP contribution in [-0.2, 0) is 21.6 Å². The Bertz CT molecular complexity index is 1890. The minimum absolute atomic E-state index is 0. The average Bonchev–Trinajstić information content (AvgIpc) is 3.61. The fourth-order valence-electron chi connectivity index (χ4n) is 8.06. The summed E-state index contributed by atoms with van der Waals surface area (Å²) in [5.74, 6) is -0.737. The van der Waals surface area contributed by atoms with Crippen molar-refractivity contribution in [3.63, 3.8) is 0 Å². The van der Waals surface area contributed by atoms with E-state index in [4.69, 9.17) is 37.7 Å². The van der Waals surface area contributed by atoms with Crippen LogP contribution in [0, 0.1) is 11.7 Å². The van der Waals surface area contributed by atoms with Gasteiger partial charge >= 0.3 is 5.97 Å². The van der Waals surface area contributed by atoms with E-state index in [1.54, 1.807) is 36.4 Å². The lowest BCUT2D eigenvalue weighted by Crippen LogP contribution is -2.53. The molecule has 1 saturated carbocycles. The fourth-order valence-corrected chi connectivity index (χ4v) is 8.41. The highest BCUT2D eigenvalue weighted by atomic mass is 35.5. The van der Waals surface area contributed by atoms with Gasteiger partial charge in [0.15, 0.2) is 0 Å². The van der Waals surface area contributed by atoms with Crippen molar-refractivity contribution >= 4 is 51.8 Å². The number of methoxy groups -OCH3 is 2. The van der Waals surface area contributed by atoms with Gasteiger partial charge in [0, 0.05) is 53.3 Å². The molecule has 2 fully saturated rings. The van der Waals surface area contributed by atoms with Gasteiger partial charge in [-0.25, -0.2) is 14.2 Å². The molecule has 1 spiro atoms. The van der Waals surface area contributed by atoms with Crippen LogP contribution in [0.3, 0.4) is 0 Å². The molecule has 1 amide bonds. The Labute approximate surface area is 270 Å². The first-order valence-electron chi connectivity index (χ1n) is 14.8. The molecule has 1 N–H and O–H groups in total. The zero-order valence-corrected chi connectivity index (χ0v) is 25.6. The van der Waals surface area contributed by atoms with Gasteiger partial charge in [0.05, 0.1) is 30.3 Å². The van der Waals surface area contributed by atoms with E-state index in [0.717, 1.165) is 29.7 Å². The van der Waals surface area contributed by atoms with Crippen LogP contribution in [0.5, 0.6) is 5.75 Å². The van der Waals surface area contributed by atoms with Crippen molar-refractivity contribution in [2.75, 3.05) is 26.1 Å². The number of carbonyl (C=O) groups excluding carboxylic acids is 2. The number of imidazole rings is 1. The molecule has 0 unspecified atom stereocenters. The standard InChI is InChI=1S/C33H29Cl2FN4O4.CH4/c1-43-26-14-25-23(13-19(26)31(41)44-2)37-30-27-24(10-11-39(25)30)40(15-16-6-7-16)33(28(27)18-4-3-5-21(35)29(18)36)20-9-8-17(34)12-22(20)38-32(33)42;/h3-5,8-9,12-14,16,24,27-28H,6-7,10-11,15H2,1-2H3,(H,38,42);1H4/t24-,27+,28-,33+;/m0./s1. The van der Waals surface area contributed by atoms with Gasteiger partial charge in [-0.3, -0.25) is 9.69 Å². The summed E-state index contributed by atoms with van der Waals surface area (Å²) in [5.41, 5.74) is 2.24. The molecule has 4 aromatic rings. The molecule has 1 saturated heterocycles. The predicted octanol–water partition coefficient (Wildman–Crippen LogP) is 7.13. The summed E-state index contributed by atoms with van der Waals surface area (Å²) >= 11 is 12.8. The van der Waals surface area contributed by atoms with Crippen LogP contribution < -0.4 is 10.1 Å². The molecule has 8 nitrogen and oxygen atoms in total. The summed E-state index contributed by atoms with van der Waals surface area (Å²) in [7, 11) is 2.83. The maximum absolute atomic E-state index is 16.3. The maximum atomic E-state index is 16.3. The number of carbonyl (C=O) groups is 2. The van der Waals surface area contributed by atoms with Crippen molar-refractivity contribution in [3.05, 3.63) is 86.9 Å². The number of fused-ring (bicyclic) bond motifs is 7. The van der Waals surface area contributed by atoms with E-state index in [1.807, 2.05) is 6.07 Å². The highest BCUT2D eigenvalue weighted by Crippen LogP contribution is 2.64. The molecule has 11 heteroatoms. The van der Waals surface area contributed by atoms with Crippen molar-refractivity contribution < 1.29 is 23.5 Å². The first-order valence-corrected chi connectivity index (χ1v) is 15.5. The van der Waals surface area contributed by atoms with Crippen LogP contribution in [0.15, 0.2) is 48.5 Å². The van der Waals surface area contributed by atoms with E-state index in [-0.39, 0.29) is 35.9 Å². The van der Waals surface area contributed by atoms with Crippen molar-refractivity contribution in [2.45, 2.75) is 56.7 Å². The summed E-state index contributed by atoms with van der Waals surface area (Å²) in [6, 6.07) is 13.8. The van der Waals surface area contributed by atoms with Crippen molar-refractivity contribution in [1.29, 1.82) is 0 Å². The molecule has 3 aromatic carbocycles. The second kappa shape index (κ2) is 10.7. The SMILES string of the molecule is C.COC(=O)c1cc2nc3n(c2cc1OC)CC[C@H]1[C@@H]3[C@H](c2cccc(Cl)c2F)[C@]2(C(=O)Nc3cc(Cl)ccc32)N1CC1CC1. The van der Waals surface area contributed by atoms with E-state index in [2.05, 4.69) is 14.8 Å². The van der Waals surface area contributed by atoms with Crippen LogP contribution in [0.1, 0.15) is 65.8 Å². The molecule has 0 bridgehead atoms. The number of benzene rings is 3. The number of anilines is 1. The number of likely N-dealkylation sites (tertiary alicyclic amines) is 1.